The summed E-state index contributed by atoms with van der Waals surface area (Å²) in [6.45, 7) is 0. The first-order valence-electron chi connectivity index (χ1n) is 6.99. The molecular weight excluding hydrogens is 405 g/mol. The Morgan fingerprint density at radius 1 is 1.04 bits per heavy atom. The van der Waals surface area contributed by atoms with Gasteiger partial charge in [0.2, 0.25) is 11.8 Å². The third-order valence-corrected chi connectivity index (χ3v) is 4.89. The molecule has 0 spiro atoms. The number of thioether (sulfide) groups is 1. The molecular formula is C16H10Cl3N3O2S. The number of hydrogen-bond donors (Lipinski definition) is 1. The highest BCUT2D eigenvalue weighted by molar-refractivity contribution is 7.99. The first-order chi connectivity index (χ1) is 12.0. The van der Waals surface area contributed by atoms with E-state index in [9.17, 15) is 4.79 Å². The van der Waals surface area contributed by atoms with Crippen molar-refractivity contribution in [3.05, 3.63) is 57.5 Å². The number of carbonyl (C=O) groups is 1. The van der Waals surface area contributed by atoms with Crippen LogP contribution in [0, 0.1) is 0 Å². The Hall–Kier alpha value is -1.73. The number of halogens is 3. The standard InChI is InChI=1S/C16H10Cl3N3O2S/c17-10-6-12(19)13(7-11(10)18)20-14(23)8-25-16-22-21-15(24-16)9-4-2-1-3-5-9/h1-7H,8H2,(H,20,23). The molecule has 0 atom stereocenters. The maximum Gasteiger partial charge on any atom is 0.277 e. The third-order valence-electron chi connectivity index (χ3n) is 3.04. The first-order valence-corrected chi connectivity index (χ1v) is 9.11. The second kappa shape index (κ2) is 8.10. The second-order valence-electron chi connectivity index (χ2n) is 4.82. The average Bonchev–Trinajstić information content (AvgIpc) is 3.08. The predicted molar refractivity (Wildman–Crippen MR) is 101 cm³/mol. The summed E-state index contributed by atoms with van der Waals surface area (Å²) in [6.07, 6.45) is 0. The van der Waals surface area contributed by atoms with E-state index >= 15 is 0 Å². The van der Waals surface area contributed by atoms with Crippen molar-refractivity contribution >= 4 is 58.2 Å². The van der Waals surface area contributed by atoms with Gasteiger partial charge in [0.25, 0.3) is 5.22 Å². The zero-order valence-corrected chi connectivity index (χ0v) is 15.6. The maximum atomic E-state index is 12.1. The number of nitrogens with zero attached hydrogens (tertiary/aromatic N) is 2. The van der Waals surface area contributed by atoms with E-state index in [0.717, 1.165) is 17.3 Å². The molecule has 0 unspecified atom stereocenters. The van der Waals surface area contributed by atoms with Crippen LogP contribution in [0.1, 0.15) is 0 Å². The quantitative estimate of drug-likeness (QED) is 0.445. The fraction of sp³-hybridized carbons (Fsp3) is 0.0625. The van der Waals surface area contributed by atoms with Crippen molar-refractivity contribution in [1.82, 2.24) is 10.2 Å². The number of hydrogen-bond acceptors (Lipinski definition) is 5. The number of amides is 1. The molecule has 0 aliphatic heterocycles. The summed E-state index contributed by atoms with van der Waals surface area (Å²) in [5.74, 6) is 0.188. The number of carbonyl (C=O) groups excluding carboxylic acids is 1. The number of nitrogens with one attached hydrogen (secondary N) is 1. The van der Waals surface area contributed by atoms with E-state index in [-0.39, 0.29) is 11.7 Å². The molecule has 2 aromatic carbocycles. The smallest absolute Gasteiger partial charge is 0.277 e. The van der Waals surface area contributed by atoms with Gasteiger partial charge in [0, 0.05) is 5.56 Å². The van der Waals surface area contributed by atoms with Gasteiger partial charge in [-0.1, -0.05) is 64.8 Å². The van der Waals surface area contributed by atoms with Gasteiger partial charge in [0.15, 0.2) is 0 Å². The Balaban J connectivity index is 1.60. The van der Waals surface area contributed by atoms with Crippen LogP contribution in [0.15, 0.2) is 52.1 Å². The molecule has 3 rings (SSSR count). The molecule has 0 radical (unpaired) electrons. The number of anilines is 1. The van der Waals surface area contributed by atoms with E-state index in [1.165, 1.54) is 12.1 Å². The Morgan fingerprint density at radius 2 is 1.76 bits per heavy atom. The minimum absolute atomic E-state index is 0.0764. The van der Waals surface area contributed by atoms with Gasteiger partial charge in [-0.3, -0.25) is 4.79 Å². The normalized spacial score (nSPS) is 10.7. The molecule has 1 aromatic heterocycles. The van der Waals surface area contributed by atoms with Crippen LogP contribution in [0.3, 0.4) is 0 Å². The molecule has 5 nitrogen and oxygen atoms in total. The van der Waals surface area contributed by atoms with Crippen molar-refractivity contribution in [2.45, 2.75) is 5.22 Å². The molecule has 0 saturated carbocycles. The molecule has 0 aliphatic carbocycles. The number of aromatic nitrogens is 2. The van der Waals surface area contributed by atoms with E-state index in [0.29, 0.717) is 31.9 Å². The lowest BCUT2D eigenvalue weighted by Crippen LogP contribution is -2.14. The van der Waals surface area contributed by atoms with Gasteiger partial charge < -0.3 is 9.73 Å². The van der Waals surface area contributed by atoms with Crippen LogP contribution in [-0.2, 0) is 4.79 Å². The molecule has 128 valence electrons. The van der Waals surface area contributed by atoms with Crippen LogP contribution >= 0.6 is 46.6 Å². The molecule has 25 heavy (non-hydrogen) atoms. The Bertz CT molecular complexity index is 903. The third kappa shape index (κ3) is 4.67. The highest BCUT2D eigenvalue weighted by Gasteiger charge is 2.13. The zero-order valence-electron chi connectivity index (χ0n) is 12.5. The summed E-state index contributed by atoms with van der Waals surface area (Å²) in [7, 11) is 0. The van der Waals surface area contributed by atoms with Gasteiger partial charge in [-0.15, -0.1) is 10.2 Å². The zero-order chi connectivity index (χ0) is 17.8. The van der Waals surface area contributed by atoms with Crippen LogP contribution in [0.25, 0.3) is 11.5 Å². The Labute approximate surface area is 162 Å². The van der Waals surface area contributed by atoms with Crippen molar-refractivity contribution in [1.29, 1.82) is 0 Å². The van der Waals surface area contributed by atoms with Crippen LogP contribution in [0.5, 0.6) is 0 Å². The highest BCUT2D eigenvalue weighted by Crippen LogP contribution is 2.32. The van der Waals surface area contributed by atoms with Crippen molar-refractivity contribution in [3.63, 3.8) is 0 Å². The lowest BCUT2D eigenvalue weighted by Gasteiger charge is -2.07. The average molecular weight is 415 g/mol. The SMILES string of the molecule is O=C(CSc1nnc(-c2ccccc2)o1)Nc1cc(Cl)c(Cl)cc1Cl. The van der Waals surface area contributed by atoms with Crippen LogP contribution in [0.2, 0.25) is 15.1 Å². The lowest BCUT2D eigenvalue weighted by molar-refractivity contribution is -0.113. The minimum Gasteiger partial charge on any atom is -0.411 e. The number of benzene rings is 2. The summed E-state index contributed by atoms with van der Waals surface area (Å²) in [5.41, 5.74) is 1.20. The van der Waals surface area contributed by atoms with Crippen molar-refractivity contribution in [2.24, 2.45) is 0 Å². The molecule has 0 fully saturated rings. The molecule has 0 bridgehead atoms. The second-order valence-corrected chi connectivity index (χ2v) is 6.97. The number of rotatable bonds is 5. The summed E-state index contributed by atoms with van der Waals surface area (Å²) in [5, 5.41) is 11.8. The van der Waals surface area contributed by atoms with E-state index < -0.39 is 0 Å². The lowest BCUT2D eigenvalue weighted by atomic mass is 10.2. The largest absolute Gasteiger partial charge is 0.411 e. The molecule has 9 heteroatoms. The van der Waals surface area contributed by atoms with Gasteiger partial charge in [-0.05, 0) is 24.3 Å². The van der Waals surface area contributed by atoms with E-state index in [1.807, 2.05) is 30.3 Å². The van der Waals surface area contributed by atoms with Crippen LogP contribution in [0.4, 0.5) is 5.69 Å². The van der Waals surface area contributed by atoms with Gasteiger partial charge in [0.05, 0.1) is 26.5 Å². The summed E-state index contributed by atoms with van der Waals surface area (Å²) >= 11 is 18.9. The van der Waals surface area contributed by atoms with E-state index in [4.69, 9.17) is 39.2 Å². The maximum absolute atomic E-state index is 12.1. The molecule has 3 aromatic rings. The first kappa shape index (κ1) is 18.1. The fourth-order valence-electron chi connectivity index (χ4n) is 1.90. The summed E-state index contributed by atoms with van der Waals surface area (Å²) < 4.78 is 5.52. The fourth-order valence-corrected chi connectivity index (χ4v) is 3.05. The Kier molecular flexibility index (Phi) is 5.86. The van der Waals surface area contributed by atoms with Crippen LogP contribution < -0.4 is 5.32 Å². The molecule has 1 amide bonds. The van der Waals surface area contributed by atoms with Crippen LogP contribution in [-0.4, -0.2) is 21.9 Å². The monoisotopic (exact) mass is 413 g/mol. The van der Waals surface area contributed by atoms with Gasteiger partial charge in [-0.2, -0.15) is 0 Å². The van der Waals surface area contributed by atoms with Crippen molar-refractivity contribution in [3.8, 4) is 11.5 Å². The topological polar surface area (TPSA) is 68.0 Å². The van der Waals surface area contributed by atoms with Crippen molar-refractivity contribution in [2.75, 3.05) is 11.1 Å². The predicted octanol–water partition coefficient (Wildman–Crippen LogP) is 5.43. The van der Waals surface area contributed by atoms with Gasteiger partial charge >= 0.3 is 0 Å². The van der Waals surface area contributed by atoms with E-state index in [1.54, 1.807) is 0 Å². The highest BCUT2D eigenvalue weighted by atomic mass is 35.5. The van der Waals surface area contributed by atoms with Crippen molar-refractivity contribution < 1.29 is 9.21 Å². The van der Waals surface area contributed by atoms with Gasteiger partial charge in [0.1, 0.15) is 0 Å². The summed E-state index contributed by atoms with van der Waals surface area (Å²) in [6, 6.07) is 12.3. The van der Waals surface area contributed by atoms with E-state index in [2.05, 4.69) is 15.5 Å². The summed E-state index contributed by atoms with van der Waals surface area (Å²) in [4.78, 5) is 12.1. The molecule has 0 aliphatic rings. The Morgan fingerprint density at radius 3 is 2.52 bits per heavy atom. The minimum atomic E-state index is -0.287. The molecule has 1 N–H and O–H groups in total. The van der Waals surface area contributed by atoms with Gasteiger partial charge in [-0.25, -0.2) is 0 Å². The molecule has 0 saturated heterocycles. The molecule has 1 heterocycles.